The predicted octanol–water partition coefficient (Wildman–Crippen LogP) is 1.16. The molecular formula is C11H17NO3. The first-order valence-corrected chi connectivity index (χ1v) is 5.70. The fourth-order valence-electron chi connectivity index (χ4n) is 2.32. The number of amides is 1. The molecule has 0 unspecified atom stereocenters. The monoisotopic (exact) mass is 211 g/mol. The number of carboxylic acid groups (broad SMARTS) is 1. The van der Waals surface area contributed by atoms with Gasteiger partial charge < -0.3 is 10.4 Å². The van der Waals surface area contributed by atoms with Gasteiger partial charge in [-0.3, -0.25) is 9.59 Å². The summed E-state index contributed by atoms with van der Waals surface area (Å²) < 4.78 is 0. The zero-order valence-electron chi connectivity index (χ0n) is 8.74. The van der Waals surface area contributed by atoms with Crippen LogP contribution in [0.15, 0.2) is 0 Å². The molecule has 0 aliphatic heterocycles. The summed E-state index contributed by atoms with van der Waals surface area (Å²) in [5.41, 5.74) is 0. The molecule has 84 valence electrons. The quantitative estimate of drug-likeness (QED) is 0.736. The van der Waals surface area contributed by atoms with Crippen molar-refractivity contribution >= 4 is 11.9 Å². The highest BCUT2D eigenvalue weighted by Crippen LogP contribution is 2.31. The smallest absolute Gasteiger partial charge is 0.306 e. The summed E-state index contributed by atoms with van der Waals surface area (Å²) in [4.78, 5) is 22.4. The fraction of sp³-hybridized carbons (Fsp3) is 0.818. The number of carboxylic acids is 1. The van der Waals surface area contributed by atoms with E-state index < -0.39 is 5.97 Å². The largest absolute Gasteiger partial charge is 0.481 e. The fourth-order valence-corrected chi connectivity index (χ4v) is 2.32. The molecule has 0 spiro atoms. The standard InChI is InChI=1S/C11H17NO3/c13-10(12-9-2-1-3-9)7-4-5-8(6-7)11(14)15/h7-9H,1-6H2,(H,12,13)(H,14,15)/t7-,8+/m1/s1. The number of carbonyl (C=O) groups is 2. The van der Waals surface area contributed by atoms with Crippen LogP contribution in [-0.4, -0.2) is 23.0 Å². The van der Waals surface area contributed by atoms with Gasteiger partial charge in [0, 0.05) is 12.0 Å². The van der Waals surface area contributed by atoms with Crippen LogP contribution in [0.2, 0.25) is 0 Å². The summed E-state index contributed by atoms with van der Waals surface area (Å²) >= 11 is 0. The molecule has 0 aromatic carbocycles. The van der Waals surface area contributed by atoms with Crippen LogP contribution < -0.4 is 5.32 Å². The summed E-state index contributed by atoms with van der Waals surface area (Å²) in [5.74, 6) is -1.05. The number of carbonyl (C=O) groups excluding carboxylic acids is 1. The van der Waals surface area contributed by atoms with Gasteiger partial charge in [0.1, 0.15) is 0 Å². The Hall–Kier alpha value is -1.06. The Morgan fingerprint density at radius 3 is 2.20 bits per heavy atom. The second kappa shape index (κ2) is 4.21. The van der Waals surface area contributed by atoms with Crippen molar-refractivity contribution in [3.05, 3.63) is 0 Å². The zero-order valence-corrected chi connectivity index (χ0v) is 8.74. The summed E-state index contributed by atoms with van der Waals surface area (Å²) in [5, 5.41) is 11.8. The first kappa shape index (κ1) is 10.5. The van der Waals surface area contributed by atoms with Crippen LogP contribution in [0.25, 0.3) is 0 Å². The molecule has 0 heterocycles. The molecule has 0 radical (unpaired) electrons. The van der Waals surface area contributed by atoms with Crippen molar-refractivity contribution in [2.45, 2.75) is 44.6 Å². The lowest BCUT2D eigenvalue weighted by molar-refractivity contribution is -0.141. The molecule has 4 nitrogen and oxygen atoms in total. The summed E-state index contributed by atoms with van der Waals surface area (Å²) in [6.45, 7) is 0. The average molecular weight is 211 g/mol. The minimum Gasteiger partial charge on any atom is -0.481 e. The second-order valence-corrected chi connectivity index (χ2v) is 4.68. The molecule has 2 N–H and O–H groups in total. The molecule has 0 aromatic rings. The summed E-state index contributed by atoms with van der Waals surface area (Å²) in [6.07, 6.45) is 5.27. The lowest BCUT2D eigenvalue weighted by atomic mass is 9.92. The van der Waals surface area contributed by atoms with Crippen LogP contribution >= 0.6 is 0 Å². The Bertz CT molecular complexity index is 273. The Labute approximate surface area is 89.0 Å². The molecule has 2 atom stereocenters. The maximum Gasteiger partial charge on any atom is 0.306 e. The number of rotatable bonds is 3. The van der Waals surface area contributed by atoms with Crippen LogP contribution in [0.3, 0.4) is 0 Å². The molecule has 1 amide bonds. The van der Waals surface area contributed by atoms with E-state index in [1.807, 2.05) is 0 Å². The van der Waals surface area contributed by atoms with Crippen molar-refractivity contribution in [2.75, 3.05) is 0 Å². The first-order valence-electron chi connectivity index (χ1n) is 5.70. The zero-order chi connectivity index (χ0) is 10.8. The topological polar surface area (TPSA) is 66.4 Å². The molecule has 2 rings (SSSR count). The maximum absolute atomic E-state index is 11.7. The van der Waals surface area contributed by atoms with E-state index in [9.17, 15) is 9.59 Å². The normalized spacial score (nSPS) is 30.9. The van der Waals surface area contributed by atoms with Gasteiger partial charge in [0.25, 0.3) is 0 Å². The van der Waals surface area contributed by atoms with Crippen molar-refractivity contribution in [2.24, 2.45) is 11.8 Å². The predicted molar refractivity (Wildman–Crippen MR) is 54.2 cm³/mol. The number of aliphatic carboxylic acids is 1. The number of hydrogen-bond donors (Lipinski definition) is 2. The van der Waals surface area contributed by atoms with Crippen molar-refractivity contribution in [3.8, 4) is 0 Å². The summed E-state index contributed by atoms with van der Waals surface area (Å²) in [6, 6.07) is 0.362. The third-order valence-corrected chi connectivity index (χ3v) is 3.60. The van der Waals surface area contributed by atoms with Crippen molar-refractivity contribution in [3.63, 3.8) is 0 Å². The van der Waals surface area contributed by atoms with E-state index in [-0.39, 0.29) is 17.7 Å². The summed E-state index contributed by atoms with van der Waals surface area (Å²) in [7, 11) is 0. The first-order chi connectivity index (χ1) is 7.16. The molecule has 0 aromatic heterocycles. The molecule has 0 bridgehead atoms. The van der Waals surface area contributed by atoms with Gasteiger partial charge >= 0.3 is 5.97 Å². The molecule has 2 aliphatic rings. The molecule has 2 aliphatic carbocycles. The van der Waals surface area contributed by atoms with Crippen molar-refractivity contribution in [1.29, 1.82) is 0 Å². The Morgan fingerprint density at radius 2 is 1.73 bits per heavy atom. The minimum atomic E-state index is -0.756. The van der Waals surface area contributed by atoms with E-state index >= 15 is 0 Å². The number of hydrogen-bond acceptors (Lipinski definition) is 2. The Morgan fingerprint density at radius 1 is 1.07 bits per heavy atom. The molecule has 2 saturated carbocycles. The molecule has 0 saturated heterocycles. The SMILES string of the molecule is O=C(O)[C@H]1CC[C@@H](C(=O)NC2CCC2)C1. The molecule has 4 heteroatoms. The van der Waals surface area contributed by atoms with Gasteiger partial charge in [0.05, 0.1) is 5.92 Å². The highest BCUT2D eigenvalue weighted by atomic mass is 16.4. The maximum atomic E-state index is 11.7. The van der Waals surface area contributed by atoms with E-state index in [1.165, 1.54) is 6.42 Å². The Kier molecular flexibility index (Phi) is 2.93. The third-order valence-electron chi connectivity index (χ3n) is 3.60. The van der Waals surface area contributed by atoms with Crippen molar-refractivity contribution < 1.29 is 14.7 Å². The van der Waals surface area contributed by atoms with Gasteiger partial charge in [0.2, 0.25) is 5.91 Å². The van der Waals surface area contributed by atoms with Gasteiger partial charge in [-0.2, -0.15) is 0 Å². The Balaban J connectivity index is 1.79. The number of nitrogens with one attached hydrogen (secondary N) is 1. The van der Waals surface area contributed by atoms with Gasteiger partial charge in [-0.15, -0.1) is 0 Å². The minimum absolute atomic E-state index is 0.0632. The van der Waals surface area contributed by atoms with Gasteiger partial charge in [0.15, 0.2) is 0 Å². The van der Waals surface area contributed by atoms with Gasteiger partial charge in [-0.05, 0) is 38.5 Å². The average Bonchev–Trinajstić information content (AvgIpc) is 2.59. The van der Waals surface area contributed by atoms with E-state index in [2.05, 4.69) is 5.32 Å². The molecule has 2 fully saturated rings. The molecule has 15 heavy (non-hydrogen) atoms. The molecular weight excluding hydrogens is 194 g/mol. The van der Waals surface area contributed by atoms with Crippen LogP contribution in [-0.2, 0) is 9.59 Å². The third kappa shape index (κ3) is 2.30. The van der Waals surface area contributed by atoms with Crippen LogP contribution in [0, 0.1) is 11.8 Å². The highest BCUT2D eigenvalue weighted by molar-refractivity contribution is 5.81. The van der Waals surface area contributed by atoms with Gasteiger partial charge in [-0.1, -0.05) is 0 Å². The van der Waals surface area contributed by atoms with Crippen molar-refractivity contribution in [1.82, 2.24) is 5.32 Å². The van der Waals surface area contributed by atoms with E-state index in [0.717, 1.165) is 19.3 Å². The van der Waals surface area contributed by atoms with Gasteiger partial charge in [-0.25, -0.2) is 0 Å². The van der Waals surface area contributed by atoms with E-state index in [0.29, 0.717) is 18.9 Å². The second-order valence-electron chi connectivity index (χ2n) is 4.68. The lowest BCUT2D eigenvalue weighted by Crippen LogP contribution is -2.42. The highest BCUT2D eigenvalue weighted by Gasteiger charge is 2.34. The lowest BCUT2D eigenvalue weighted by Gasteiger charge is -2.27. The van der Waals surface area contributed by atoms with Crippen LogP contribution in [0.4, 0.5) is 0 Å². The van der Waals surface area contributed by atoms with Crippen LogP contribution in [0.1, 0.15) is 38.5 Å². The van der Waals surface area contributed by atoms with E-state index in [1.54, 1.807) is 0 Å². The van der Waals surface area contributed by atoms with Crippen LogP contribution in [0.5, 0.6) is 0 Å². The van der Waals surface area contributed by atoms with E-state index in [4.69, 9.17) is 5.11 Å².